The zero-order valence-corrected chi connectivity index (χ0v) is 9.04. The number of hydrogen-bond acceptors (Lipinski definition) is 2. The molecule has 1 aromatic rings. The number of carbonyl (C=O) groups excluding carboxylic acids is 1. The van der Waals surface area contributed by atoms with E-state index in [9.17, 15) is 9.59 Å². The SMILES string of the molecule is Cc1cccc(C(=O)O)c1CC(=O)CCl. The standard InChI is InChI=1S/C11H11ClO3/c1-7-3-2-4-9(11(14)15)10(7)5-8(13)6-12/h2-4H,5-6H2,1H3,(H,14,15). The molecule has 3 nitrogen and oxygen atoms in total. The molecule has 0 aliphatic heterocycles. The summed E-state index contributed by atoms with van der Waals surface area (Å²) in [5, 5.41) is 8.93. The van der Waals surface area contributed by atoms with Gasteiger partial charge in [-0.25, -0.2) is 4.79 Å². The zero-order valence-electron chi connectivity index (χ0n) is 8.29. The summed E-state index contributed by atoms with van der Waals surface area (Å²) in [5.74, 6) is -1.28. The van der Waals surface area contributed by atoms with E-state index in [1.165, 1.54) is 6.07 Å². The molecule has 0 saturated carbocycles. The summed E-state index contributed by atoms with van der Waals surface area (Å²) in [6.45, 7) is 1.78. The first-order valence-corrected chi connectivity index (χ1v) is 4.99. The summed E-state index contributed by atoms with van der Waals surface area (Å²) >= 11 is 5.39. The monoisotopic (exact) mass is 226 g/mol. The Morgan fingerprint density at radius 3 is 2.60 bits per heavy atom. The van der Waals surface area contributed by atoms with E-state index < -0.39 is 5.97 Å². The average molecular weight is 227 g/mol. The largest absolute Gasteiger partial charge is 0.478 e. The molecule has 0 atom stereocenters. The first-order valence-electron chi connectivity index (χ1n) is 4.45. The highest BCUT2D eigenvalue weighted by molar-refractivity contribution is 6.27. The lowest BCUT2D eigenvalue weighted by Crippen LogP contribution is -2.11. The van der Waals surface area contributed by atoms with Crippen LogP contribution in [0.25, 0.3) is 0 Å². The minimum Gasteiger partial charge on any atom is -0.478 e. The van der Waals surface area contributed by atoms with Gasteiger partial charge in [0.15, 0.2) is 5.78 Å². The third kappa shape index (κ3) is 2.80. The molecule has 4 heteroatoms. The minimum atomic E-state index is -1.02. The predicted octanol–water partition coefficient (Wildman–Crippen LogP) is 2.04. The van der Waals surface area contributed by atoms with Gasteiger partial charge >= 0.3 is 5.97 Å². The Hall–Kier alpha value is -1.35. The van der Waals surface area contributed by atoms with Crippen LogP contribution >= 0.6 is 11.6 Å². The van der Waals surface area contributed by atoms with Crippen LogP contribution in [0.3, 0.4) is 0 Å². The number of aryl methyl sites for hydroxylation is 1. The van der Waals surface area contributed by atoms with Crippen LogP contribution in [0.1, 0.15) is 21.5 Å². The number of carboxylic acids is 1. The molecule has 0 aromatic heterocycles. The van der Waals surface area contributed by atoms with Crippen molar-refractivity contribution in [1.29, 1.82) is 0 Å². The van der Waals surface area contributed by atoms with Crippen LogP contribution in [0.5, 0.6) is 0 Å². The number of ketones is 1. The van der Waals surface area contributed by atoms with Gasteiger partial charge in [0.1, 0.15) is 0 Å². The Kier molecular flexibility index (Phi) is 3.86. The summed E-state index contributed by atoms with van der Waals surface area (Å²) in [6.07, 6.45) is 0.0812. The maximum absolute atomic E-state index is 11.2. The highest BCUT2D eigenvalue weighted by Crippen LogP contribution is 2.15. The second kappa shape index (κ2) is 4.94. The second-order valence-electron chi connectivity index (χ2n) is 3.26. The third-order valence-electron chi connectivity index (χ3n) is 2.16. The number of alkyl halides is 1. The van der Waals surface area contributed by atoms with Gasteiger partial charge in [0, 0.05) is 6.42 Å². The highest BCUT2D eigenvalue weighted by Gasteiger charge is 2.14. The molecule has 1 N–H and O–H groups in total. The second-order valence-corrected chi connectivity index (χ2v) is 3.52. The van der Waals surface area contributed by atoms with Gasteiger partial charge in [0.25, 0.3) is 0 Å². The molecule has 0 spiro atoms. The fourth-order valence-electron chi connectivity index (χ4n) is 1.38. The van der Waals surface area contributed by atoms with Gasteiger partial charge in [-0.2, -0.15) is 0 Å². The van der Waals surface area contributed by atoms with Crippen molar-refractivity contribution in [3.63, 3.8) is 0 Å². The molecule has 1 rings (SSSR count). The Labute approximate surface area is 92.7 Å². The Balaban J connectivity index is 3.13. The van der Waals surface area contributed by atoms with E-state index in [1.54, 1.807) is 19.1 Å². The van der Waals surface area contributed by atoms with Crippen molar-refractivity contribution in [2.45, 2.75) is 13.3 Å². The van der Waals surface area contributed by atoms with Crippen LogP contribution < -0.4 is 0 Å². The average Bonchev–Trinajstić information content (AvgIpc) is 2.20. The summed E-state index contributed by atoms with van der Waals surface area (Å²) < 4.78 is 0. The summed E-state index contributed by atoms with van der Waals surface area (Å²) in [7, 11) is 0. The molecule has 0 aliphatic rings. The van der Waals surface area contributed by atoms with E-state index in [0.717, 1.165) is 5.56 Å². The zero-order chi connectivity index (χ0) is 11.4. The number of carboxylic acid groups (broad SMARTS) is 1. The van der Waals surface area contributed by atoms with Crippen molar-refractivity contribution in [2.24, 2.45) is 0 Å². The molecule has 15 heavy (non-hydrogen) atoms. The Morgan fingerprint density at radius 1 is 1.40 bits per heavy atom. The van der Waals surface area contributed by atoms with Crippen LogP contribution in [-0.4, -0.2) is 22.7 Å². The predicted molar refractivity (Wildman–Crippen MR) is 57.6 cm³/mol. The maximum Gasteiger partial charge on any atom is 0.335 e. The van der Waals surface area contributed by atoms with E-state index >= 15 is 0 Å². The summed E-state index contributed by atoms with van der Waals surface area (Å²) in [6, 6.07) is 4.93. The van der Waals surface area contributed by atoms with Crippen molar-refractivity contribution in [2.75, 3.05) is 5.88 Å². The van der Waals surface area contributed by atoms with Crippen molar-refractivity contribution < 1.29 is 14.7 Å². The molecule has 80 valence electrons. The number of rotatable bonds is 4. The molecule has 0 fully saturated rings. The van der Waals surface area contributed by atoms with Crippen molar-refractivity contribution in [3.8, 4) is 0 Å². The van der Waals surface area contributed by atoms with E-state index in [-0.39, 0.29) is 23.6 Å². The topological polar surface area (TPSA) is 54.4 Å². The van der Waals surface area contributed by atoms with E-state index in [1.807, 2.05) is 0 Å². The van der Waals surface area contributed by atoms with Gasteiger partial charge in [0.05, 0.1) is 11.4 Å². The van der Waals surface area contributed by atoms with Crippen LogP contribution in [0.15, 0.2) is 18.2 Å². The minimum absolute atomic E-state index is 0.0812. The van der Waals surface area contributed by atoms with Gasteiger partial charge in [-0.3, -0.25) is 4.79 Å². The quantitative estimate of drug-likeness (QED) is 0.800. The van der Waals surface area contributed by atoms with Gasteiger partial charge in [-0.15, -0.1) is 11.6 Å². The number of aromatic carboxylic acids is 1. The molecule has 0 aliphatic carbocycles. The number of carbonyl (C=O) groups is 2. The van der Waals surface area contributed by atoms with Crippen LogP contribution in [0.4, 0.5) is 0 Å². The highest BCUT2D eigenvalue weighted by atomic mass is 35.5. The van der Waals surface area contributed by atoms with Crippen LogP contribution in [0, 0.1) is 6.92 Å². The maximum atomic E-state index is 11.2. The van der Waals surface area contributed by atoms with Crippen LogP contribution in [-0.2, 0) is 11.2 Å². The first kappa shape index (κ1) is 11.7. The van der Waals surface area contributed by atoms with E-state index in [2.05, 4.69) is 0 Å². The van der Waals surface area contributed by atoms with Crippen LogP contribution in [0.2, 0.25) is 0 Å². The fraction of sp³-hybridized carbons (Fsp3) is 0.273. The smallest absolute Gasteiger partial charge is 0.335 e. The third-order valence-corrected chi connectivity index (χ3v) is 2.46. The van der Waals surface area contributed by atoms with Crippen molar-refractivity contribution in [3.05, 3.63) is 34.9 Å². The van der Waals surface area contributed by atoms with Gasteiger partial charge in [0.2, 0.25) is 0 Å². The van der Waals surface area contributed by atoms with Crippen molar-refractivity contribution in [1.82, 2.24) is 0 Å². The normalized spacial score (nSPS) is 10.0. The fourth-order valence-corrected chi connectivity index (χ4v) is 1.48. The summed E-state index contributed by atoms with van der Waals surface area (Å²) in [4.78, 5) is 22.1. The molecule has 0 radical (unpaired) electrons. The van der Waals surface area contributed by atoms with Crippen molar-refractivity contribution >= 4 is 23.4 Å². The molecule has 0 saturated heterocycles. The van der Waals surface area contributed by atoms with Gasteiger partial charge in [-0.1, -0.05) is 12.1 Å². The molecule has 0 unspecified atom stereocenters. The molecule has 0 bridgehead atoms. The first-order chi connectivity index (χ1) is 7.06. The van der Waals surface area contributed by atoms with Gasteiger partial charge < -0.3 is 5.11 Å². The molecule has 0 amide bonds. The number of hydrogen-bond donors (Lipinski definition) is 1. The lowest BCUT2D eigenvalue weighted by atomic mass is 9.98. The van der Waals surface area contributed by atoms with E-state index in [4.69, 9.17) is 16.7 Å². The molecular formula is C11H11ClO3. The number of benzene rings is 1. The number of Topliss-reactive ketones (excluding diaryl/α,β-unsaturated/α-hetero) is 1. The molecule has 0 heterocycles. The molecular weight excluding hydrogens is 216 g/mol. The number of halogens is 1. The van der Waals surface area contributed by atoms with Gasteiger partial charge in [-0.05, 0) is 24.1 Å². The lowest BCUT2D eigenvalue weighted by Gasteiger charge is -2.07. The Bertz CT molecular complexity index is 399. The molecule has 1 aromatic carbocycles. The lowest BCUT2D eigenvalue weighted by molar-refractivity contribution is -0.116. The summed E-state index contributed by atoms with van der Waals surface area (Å²) in [5.41, 5.74) is 1.53. The Morgan fingerprint density at radius 2 is 2.07 bits per heavy atom. The van der Waals surface area contributed by atoms with E-state index in [0.29, 0.717) is 5.56 Å².